The van der Waals surface area contributed by atoms with E-state index in [0.717, 1.165) is 0 Å². The number of nitro benzene ring substituents is 1. The summed E-state index contributed by atoms with van der Waals surface area (Å²) in [6.07, 6.45) is 2.65. The molecule has 0 bridgehead atoms. The van der Waals surface area contributed by atoms with E-state index in [9.17, 15) is 10.1 Å². The van der Waals surface area contributed by atoms with E-state index in [-0.39, 0.29) is 23.1 Å². The lowest BCUT2D eigenvalue weighted by Gasteiger charge is -2.06. The number of benzene rings is 1. The number of methoxy groups -OCH3 is 1. The zero-order chi connectivity index (χ0) is 13.8. The molecule has 1 aromatic carbocycles. The molecular weight excluding hydrogens is 252 g/mol. The van der Waals surface area contributed by atoms with Crippen LogP contribution in [0.25, 0.3) is 0 Å². The number of rotatable bonds is 4. The lowest BCUT2D eigenvalue weighted by molar-refractivity contribution is -0.385. The smallest absolute Gasteiger partial charge is 0.315 e. The summed E-state index contributed by atoms with van der Waals surface area (Å²) in [4.78, 5) is 18.0. The summed E-state index contributed by atoms with van der Waals surface area (Å²) < 4.78 is 10.2. The molecule has 0 amide bonds. The number of nitro groups is 1. The van der Waals surface area contributed by atoms with Gasteiger partial charge in [0.15, 0.2) is 0 Å². The van der Waals surface area contributed by atoms with Crippen molar-refractivity contribution < 1.29 is 14.4 Å². The van der Waals surface area contributed by atoms with Crippen molar-refractivity contribution in [1.82, 2.24) is 9.97 Å². The van der Waals surface area contributed by atoms with Gasteiger partial charge in [-0.1, -0.05) is 0 Å². The highest BCUT2D eigenvalue weighted by Gasteiger charge is 2.17. The third kappa shape index (κ3) is 2.86. The van der Waals surface area contributed by atoms with E-state index >= 15 is 0 Å². The molecule has 0 unspecified atom stereocenters. The third-order valence-electron chi connectivity index (χ3n) is 2.21. The van der Waals surface area contributed by atoms with Gasteiger partial charge in [0.05, 0.1) is 30.5 Å². The Bertz CT molecular complexity index is 617. The fourth-order valence-electron chi connectivity index (χ4n) is 1.38. The Hall–Kier alpha value is -2.90. The zero-order valence-electron chi connectivity index (χ0n) is 9.94. The van der Waals surface area contributed by atoms with Crippen LogP contribution in [0.4, 0.5) is 11.5 Å². The average molecular weight is 262 g/mol. The number of nitrogens with zero attached hydrogens (tertiary/aromatic N) is 3. The van der Waals surface area contributed by atoms with Crippen LogP contribution in [-0.4, -0.2) is 22.0 Å². The van der Waals surface area contributed by atoms with Crippen molar-refractivity contribution in [3.05, 3.63) is 40.7 Å². The summed E-state index contributed by atoms with van der Waals surface area (Å²) in [5.74, 6) is 0.630. The second kappa shape index (κ2) is 5.17. The number of nitrogens with two attached hydrogens (primary N) is 1. The Morgan fingerprint density at radius 3 is 2.79 bits per heavy atom. The fraction of sp³-hybridized carbons (Fsp3) is 0.0909. The molecule has 8 heteroatoms. The molecule has 0 radical (unpaired) electrons. The van der Waals surface area contributed by atoms with Gasteiger partial charge in [0, 0.05) is 0 Å². The predicted octanol–water partition coefficient (Wildman–Crippen LogP) is 1.77. The molecule has 0 aliphatic rings. The fourth-order valence-corrected chi connectivity index (χ4v) is 1.38. The van der Waals surface area contributed by atoms with Gasteiger partial charge in [0.1, 0.15) is 11.6 Å². The summed E-state index contributed by atoms with van der Waals surface area (Å²) in [6, 6.07) is 4.22. The van der Waals surface area contributed by atoms with E-state index < -0.39 is 4.92 Å². The minimum Gasteiger partial charge on any atom is -0.496 e. The maximum Gasteiger partial charge on any atom is 0.315 e. The highest BCUT2D eigenvalue weighted by Crippen LogP contribution is 2.33. The number of nitrogen functional groups attached to an aromatic ring is 1. The van der Waals surface area contributed by atoms with Gasteiger partial charge in [-0.3, -0.25) is 15.1 Å². The third-order valence-corrected chi connectivity index (χ3v) is 2.21. The number of ether oxygens (including phenoxy) is 2. The molecule has 2 rings (SSSR count). The first-order valence-corrected chi connectivity index (χ1v) is 5.18. The van der Waals surface area contributed by atoms with E-state index in [2.05, 4.69) is 9.97 Å². The van der Waals surface area contributed by atoms with Crippen molar-refractivity contribution >= 4 is 11.5 Å². The molecule has 0 spiro atoms. The normalized spacial score (nSPS) is 9.95. The number of hydrogen-bond acceptors (Lipinski definition) is 7. The Labute approximate surface area is 108 Å². The van der Waals surface area contributed by atoms with E-state index in [1.807, 2.05) is 0 Å². The largest absolute Gasteiger partial charge is 0.496 e. The Morgan fingerprint density at radius 2 is 2.16 bits per heavy atom. The molecule has 0 aliphatic carbocycles. The maximum absolute atomic E-state index is 11.0. The zero-order valence-corrected chi connectivity index (χ0v) is 9.94. The van der Waals surface area contributed by atoms with Crippen LogP contribution in [0.1, 0.15) is 0 Å². The SMILES string of the molecule is COc1ccc(Oc2cncc(N)n2)c([N+](=O)[O-])c1. The average Bonchev–Trinajstić information content (AvgIpc) is 2.39. The quantitative estimate of drug-likeness (QED) is 0.659. The standard InChI is InChI=1S/C11H10N4O4/c1-18-7-2-3-9(8(4-7)15(16)17)19-11-6-13-5-10(12)14-11/h2-6H,1H3,(H2,12,14). The van der Waals surface area contributed by atoms with Crippen LogP contribution >= 0.6 is 0 Å². The van der Waals surface area contributed by atoms with Crippen LogP contribution < -0.4 is 15.2 Å². The van der Waals surface area contributed by atoms with E-state index in [4.69, 9.17) is 15.2 Å². The van der Waals surface area contributed by atoms with Gasteiger partial charge in [0.25, 0.3) is 0 Å². The number of aromatic nitrogens is 2. The van der Waals surface area contributed by atoms with Gasteiger partial charge in [-0.2, -0.15) is 4.98 Å². The van der Waals surface area contributed by atoms with E-state index in [1.54, 1.807) is 6.07 Å². The van der Waals surface area contributed by atoms with Crippen molar-refractivity contribution in [2.75, 3.05) is 12.8 Å². The second-order valence-electron chi connectivity index (χ2n) is 3.48. The van der Waals surface area contributed by atoms with Gasteiger partial charge in [-0.25, -0.2) is 0 Å². The monoisotopic (exact) mass is 262 g/mol. The highest BCUT2D eigenvalue weighted by atomic mass is 16.6. The minimum absolute atomic E-state index is 0.0331. The summed E-state index contributed by atoms with van der Waals surface area (Å²) >= 11 is 0. The lowest BCUT2D eigenvalue weighted by atomic mass is 10.3. The van der Waals surface area contributed by atoms with E-state index in [0.29, 0.717) is 5.75 Å². The van der Waals surface area contributed by atoms with Crippen LogP contribution in [0, 0.1) is 10.1 Å². The predicted molar refractivity (Wildman–Crippen MR) is 66.2 cm³/mol. The highest BCUT2D eigenvalue weighted by molar-refractivity contribution is 5.52. The second-order valence-corrected chi connectivity index (χ2v) is 3.48. The van der Waals surface area contributed by atoms with E-state index in [1.165, 1.54) is 31.6 Å². The summed E-state index contributed by atoms with van der Waals surface area (Å²) in [5, 5.41) is 11.0. The molecule has 0 aliphatic heterocycles. The van der Waals surface area contributed by atoms with Gasteiger partial charge < -0.3 is 15.2 Å². The van der Waals surface area contributed by atoms with Crippen molar-refractivity contribution in [1.29, 1.82) is 0 Å². The summed E-state index contributed by atoms with van der Waals surface area (Å²) in [7, 11) is 1.42. The van der Waals surface area contributed by atoms with Crippen molar-refractivity contribution in [3.63, 3.8) is 0 Å². The first kappa shape index (κ1) is 12.6. The molecule has 19 heavy (non-hydrogen) atoms. The Kier molecular flexibility index (Phi) is 3.42. The van der Waals surface area contributed by atoms with Crippen molar-refractivity contribution in [3.8, 4) is 17.4 Å². The van der Waals surface area contributed by atoms with Gasteiger partial charge in [-0.05, 0) is 12.1 Å². The molecule has 1 aromatic heterocycles. The summed E-state index contributed by atoms with van der Waals surface area (Å²) in [6.45, 7) is 0. The van der Waals surface area contributed by atoms with Gasteiger partial charge in [0.2, 0.25) is 11.6 Å². The molecule has 2 aromatic rings. The van der Waals surface area contributed by atoms with Crippen LogP contribution in [-0.2, 0) is 0 Å². The Balaban J connectivity index is 2.36. The molecule has 0 saturated heterocycles. The molecule has 2 N–H and O–H groups in total. The molecule has 98 valence electrons. The van der Waals surface area contributed by atoms with Crippen molar-refractivity contribution in [2.24, 2.45) is 0 Å². The van der Waals surface area contributed by atoms with Crippen LogP contribution in [0.15, 0.2) is 30.6 Å². The number of anilines is 1. The first-order chi connectivity index (χ1) is 9.10. The molecule has 1 heterocycles. The first-order valence-electron chi connectivity index (χ1n) is 5.18. The molecule has 0 saturated carbocycles. The molecule has 0 fully saturated rings. The minimum atomic E-state index is -0.572. The molecular formula is C11H10N4O4. The lowest BCUT2D eigenvalue weighted by Crippen LogP contribution is -1.98. The summed E-state index contributed by atoms with van der Waals surface area (Å²) in [5.41, 5.74) is 5.22. The molecule has 8 nitrogen and oxygen atoms in total. The Morgan fingerprint density at radius 1 is 1.37 bits per heavy atom. The van der Waals surface area contributed by atoms with Crippen molar-refractivity contribution in [2.45, 2.75) is 0 Å². The van der Waals surface area contributed by atoms with Crippen LogP contribution in [0.3, 0.4) is 0 Å². The van der Waals surface area contributed by atoms with Crippen LogP contribution in [0.5, 0.6) is 17.4 Å². The maximum atomic E-state index is 11.0. The van der Waals surface area contributed by atoms with Gasteiger partial charge >= 0.3 is 5.69 Å². The topological polar surface area (TPSA) is 113 Å². The van der Waals surface area contributed by atoms with Gasteiger partial charge in [-0.15, -0.1) is 0 Å². The van der Waals surface area contributed by atoms with Crippen LogP contribution in [0.2, 0.25) is 0 Å². The molecule has 0 atom stereocenters. The number of hydrogen-bond donors (Lipinski definition) is 1.